The van der Waals surface area contributed by atoms with Crippen LogP contribution in [0.1, 0.15) is 49.9 Å². The SMILES string of the molecule is C[C@H](CC(=O)N1CCC(O)(Cn2cnc3c(cnn3-c3ccc(F)cc3)c2=O)CC1)n1cc2c(n1)CCC2. The molecule has 10 nitrogen and oxygen atoms in total. The first kappa shape index (κ1) is 24.5. The van der Waals surface area contributed by atoms with Crippen LogP contribution in [0.5, 0.6) is 0 Å². The maximum atomic E-state index is 13.3. The summed E-state index contributed by atoms with van der Waals surface area (Å²) in [7, 11) is 0. The van der Waals surface area contributed by atoms with Gasteiger partial charge in [0.05, 0.1) is 35.8 Å². The number of benzene rings is 1. The first-order chi connectivity index (χ1) is 18.3. The maximum Gasteiger partial charge on any atom is 0.264 e. The topological polar surface area (TPSA) is 111 Å². The molecule has 4 aromatic rings. The molecule has 6 rings (SSSR count). The van der Waals surface area contributed by atoms with Gasteiger partial charge < -0.3 is 10.0 Å². The molecular formula is C27H30FN7O3. The smallest absolute Gasteiger partial charge is 0.264 e. The summed E-state index contributed by atoms with van der Waals surface area (Å²) in [6, 6.07) is 5.74. The van der Waals surface area contributed by atoms with Gasteiger partial charge in [0.15, 0.2) is 5.65 Å². The number of amides is 1. The zero-order valence-corrected chi connectivity index (χ0v) is 21.3. The van der Waals surface area contributed by atoms with Gasteiger partial charge in [0.1, 0.15) is 17.5 Å². The maximum absolute atomic E-state index is 13.3. The number of rotatable bonds is 6. The number of aliphatic hydroxyl groups is 1. The molecule has 1 fully saturated rings. The number of aryl methyl sites for hydroxylation is 2. The van der Waals surface area contributed by atoms with Crippen molar-refractivity contribution < 1.29 is 14.3 Å². The van der Waals surface area contributed by atoms with Crippen LogP contribution in [0, 0.1) is 5.82 Å². The summed E-state index contributed by atoms with van der Waals surface area (Å²) >= 11 is 0. The van der Waals surface area contributed by atoms with E-state index in [0.717, 1.165) is 25.0 Å². The van der Waals surface area contributed by atoms with Crippen molar-refractivity contribution in [2.45, 2.75) is 63.6 Å². The van der Waals surface area contributed by atoms with Crippen molar-refractivity contribution in [1.29, 1.82) is 0 Å². The Bertz CT molecular complexity index is 1530. The molecule has 1 aliphatic carbocycles. The van der Waals surface area contributed by atoms with Crippen molar-refractivity contribution in [3.8, 4) is 5.69 Å². The van der Waals surface area contributed by atoms with E-state index in [1.807, 2.05) is 11.6 Å². The van der Waals surface area contributed by atoms with E-state index in [9.17, 15) is 19.1 Å². The summed E-state index contributed by atoms with van der Waals surface area (Å²) < 4.78 is 18.1. The Hall–Kier alpha value is -3.86. The molecule has 1 atom stereocenters. The summed E-state index contributed by atoms with van der Waals surface area (Å²) in [6.07, 6.45) is 9.22. The third kappa shape index (κ3) is 4.51. The van der Waals surface area contributed by atoms with Crippen LogP contribution < -0.4 is 5.56 Å². The molecular weight excluding hydrogens is 489 g/mol. The van der Waals surface area contributed by atoms with Gasteiger partial charge in [0.25, 0.3) is 5.56 Å². The predicted molar refractivity (Wildman–Crippen MR) is 137 cm³/mol. The van der Waals surface area contributed by atoms with E-state index in [2.05, 4.69) is 21.4 Å². The van der Waals surface area contributed by atoms with Crippen molar-refractivity contribution in [3.63, 3.8) is 0 Å². The number of fused-ring (bicyclic) bond motifs is 2. The van der Waals surface area contributed by atoms with Crippen LogP contribution in [0.3, 0.4) is 0 Å². The van der Waals surface area contributed by atoms with Gasteiger partial charge in [-0.15, -0.1) is 0 Å². The Labute approximate surface area is 218 Å². The van der Waals surface area contributed by atoms with Crippen molar-refractivity contribution in [1.82, 2.24) is 34.0 Å². The number of aromatic nitrogens is 6. The highest BCUT2D eigenvalue weighted by molar-refractivity contribution is 5.77. The molecule has 1 saturated heterocycles. The van der Waals surface area contributed by atoms with Crippen molar-refractivity contribution in [3.05, 3.63) is 70.4 Å². The molecule has 1 aromatic carbocycles. The van der Waals surface area contributed by atoms with Gasteiger partial charge in [-0.1, -0.05) is 0 Å². The van der Waals surface area contributed by atoms with Crippen LogP contribution in [0.15, 0.2) is 47.8 Å². The standard InChI is InChI=1S/C27H30FN7O3/c1-18(34-15-19-3-2-4-23(19)31-34)13-24(36)32-11-9-27(38,10-12-32)16-33-17-29-25-22(26(33)37)14-30-35(25)21-7-5-20(28)6-8-21/h5-8,14-15,17-18,38H,2-4,9-13,16H2,1H3/t18-/m1/s1. The molecule has 11 heteroatoms. The second-order valence-corrected chi connectivity index (χ2v) is 10.5. The minimum atomic E-state index is -1.13. The van der Waals surface area contributed by atoms with Crippen LogP contribution in [0.4, 0.5) is 4.39 Å². The Kier molecular flexibility index (Phi) is 6.10. The number of carbonyl (C=O) groups excluding carboxylic acids is 1. The highest BCUT2D eigenvalue weighted by Gasteiger charge is 2.35. The lowest BCUT2D eigenvalue weighted by Crippen LogP contribution is -2.49. The van der Waals surface area contributed by atoms with Gasteiger partial charge in [0, 0.05) is 25.7 Å². The van der Waals surface area contributed by atoms with Gasteiger partial charge in [0.2, 0.25) is 5.91 Å². The quantitative estimate of drug-likeness (QED) is 0.419. The first-order valence-electron chi connectivity index (χ1n) is 13.1. The van der Waals surface area contributed by atoms with Gasteiger partial charge in [-0.05, 0) is 68.9 Å². The lowest BCUT2D eigenvalue weighted by molar-refractivity contribution is -0.136. The molecule has 2 aliphatic rings. The van der Waals surface area contributed by atoms with E-state index < -0.39 is 5.60 Å². The van der Waals surface area contributed by atoms with Gasteiger partial charge in [-0.3, -0.25) is 18.8 Å². The van der Waals surface area contributed by atoms with E-state index in [0.29, 0.717) is 49.1 Å². The lowest BCUT2D eigenvalue weighted by Gasteiger charge is -2.38. The summed E-state index contributed by atoms with van der Waals surface area (Å²) in [6.45, 7) is 2.93. The van der Waals surface area contributed by atoms with E-state index in [-0.39, 0.29) is 29.9 Å². The van der Waals surface area contributed by atoms with Gasteiger partial charge >= 0.3 is 0 Å². The zero-order chi connectivity index (χ0) is 26.4. The van der Waals surface area contributed by atoms with Crippen LogP contribution in [-0.2, 0) is 24.2 Å². The van der Waals surface area contributed by atoms with Gasteiger partial charge in [-0.2, -0.15) is 10.2 Å². The minimum absolute atomic E-state index is 0.0267. The van der Waals surface area contributed by atoms with E-state index in [4.69, 9.17) is 0 Å². The number of halogens is 1. The molecule has 0 unspecified atom stereocenters. The van der Waals surface area contributed by atoms with E-state index in [1.165, 1.54) is 39.5 Å². The Morgan fingerprint density at radius 3 is 2.68 bits per heavy atom. The van der Waals surface area contributed by atoms with Crippen molar-refractivity contribution >= 4 is 16.9 Å². The number of nitrogens with zero attached hydrogens (tertiary/aromatic N) is 7. The molecule has 1 N–H and O–H groups in total. The van der Waals surface area contributed by atoms with Crippen molar-refractivity contribution in [2.24, 2.45) is 0 Å². The molecule has 1 amide bonds. The molecule has 0 saturated carbocycles. The number of likely N-dealkylation sites (tertiary alicyclic amines) is 1. The average Bonchev–Trinajstić information content (AvgIpc) is 3.62. The fourth-order valence-corrected chi connectivity index (χ4v) is 5.51. The Morgan fingerprint density at radius 2 is 1.95 bits per heavy atom. The molecule has 1 aliphatic heterocycles. The molecule has 198 valence electrons. The van der Waals surface area contributed by atoms with Crippen molar-refractivity contribution in [2.75, 3.05) is 13.1 Å². The summed E-state index contributed by atoms with van der Waals surface area (Å²) in [5.41, 5.74) is 1.96. The number of hydrogen-bond acceptors (Lipinski definition) is 6. The summed E-state index contributed by atoms with van der Waals surface area (Å²) in [4.78, 5) is 32.3. The van der Waals surface area contributed by atoms with Crippen LogP contribution in [0.25, 0.3) is 16.7 Å². The first-order valence-corrected chi connectivity index (χ1v) is 13.1. The zero-order valence-electron chi connectivity index (χ0n) is 21.3. The molecule has 0 radical (unpaired) electrons. The highest BCUT2D eigenvalue weighted by atomic mass is 19.1. The summed E-state index contributed by atoms with van der Waals surface area (Å²) in [5.74, 6) is -0.319. The lowest BCUT2D eigenvalue weighted by atomic mass is 9.91. The second kappa shape index (κ2) is 9.46. The fraction of sp³-hybridized carbons (Fsp3) is 0.444. The third-order valence-electron chi connectivity index (χ3n) is 7.81. The fourth-order valence-electron chi connectivity index (χ4n) is 5.51. The molecule has 3 aromatic heterocycles. The van der Waals surface area contributed by atoms with E-state index >= 15 is 0 Å². The Balaban J connectivity index is 1.10. The molecule has 4 heterocycles. The second-order valence-electron chi connectivity index (χ2n) is 10.5. The minimum Gasteiger partial charge on any atom is -0.388 e. The third-order valence-corrected chi connectivity index (χ3v) is 7.81. The van der Waals surface area contributed by atoms with Crippen LogP contribution in [-0.4, -0.2) is 63.7 Å². The molecule has 38 heavy (non-hydrogen) atoms. The predicted octanol–water partition coefficient (Wildman–Crippen LogP) is 2.41. The number of hydrogen-bond donors (Lipinski definition) is 1. The van der Waals surface area contributed by atoms with Gasteiger partial charge in [-0.25, -0.2) is 14.1 Å². The monoisotopic (exact) mass is 519 g/mol. The van der Waals surface area contributed by atoms with E-state index in [1.54, 1.807) is 17.0 Å². The van der Waals surface area contributed by atoms with Crippen LogP contribution >= 0.6 is 0 Å². The number of carbonyl (C=O) groups is 1. The van der Waals surface area contributed by atoms with Crippen LogP contribution in [0.2, 0.25) is 0 Å². The largest absolute Gasteiger partial charge is 0.388 e. The normalized spacial score (nSPS) is 17.6. The summed E-state index contributed by atoms with van der Waals surface area (Å²) in [5, 5.41) is 20.5. The average molecular weight is 520 g/mol. The number of piperidine rings is 1. The Morgan fingerprint density at radius 1 is 1.18 bits per heavy atom. The highest BCUT2D eigenvalue weighted by Crippen LogP contribution is 2.27. The molecule has 0 spiro atoms. The molecule has 0 bridgehead atoms.